The summed E-state index contributed by atoms with van der Waals surface area (Å²) in [7, 11) is 0. The lowest BCUT2D eigenvalue weighted by molar-refractivity contribution is 0.302. The Morgan fingerprint density at radius 1 is 1.17 bits per heavy atom. The lowest BCUT2D eigenvalue weighted by atomic mass is 10.3. The monoisotopic (exact) mass is 467 g/mol. The van der Waals surface area contributed by atoms with Gasteiger partial charge in [-0.2, -0.15) is 0 Å². The lowest BCUT2D eigenvalue weighted by Crippen LogP contribution is -2.38. The predicted molar refractivity (Wildman–Crippen MR) is 117 cm³/mol. The molecule has 24 heavy (non-hydrogen) atoms. The van der Waals surface area contributed by atoms with Crippen molar-refractivity contribution < 1.29 is 0 Å². The molecule has 7 heteroatoms. The minimum atomic E-state index is 0. The van der Waals surface area contributed by atoms with Gasteiger partial charge in [0.15, 0.2) is 5.96 Å². The number of hydrogen-bond acceptors (Lipinski definition) is 4. The van der Waals surface area contributed by atoms with E-state index in [-0.39, 0.29) is 24.0 Å². The van der Waals surface area contributed by atoms with Crippen molar-refractivity contribution in [1.82, 2.24) is 20.5 Å². The zero-order valence-electron chi connectivity index (χ0n) is 15.8. The molecule has 0 radical (unpaired) electrons. The van der Waals surface area contributed by atoms with Gasteiger partial charge in [0.25, 0.3) is 0 Å². The Labute approximate surface area is 168 Å². The van der Waals surface area contributed by atoms with E-state index < -0.39 is 0 Å². The molecule has 0 aliphatic carbocycles. The molecule has 0 unspecified atom stereocenters. The fourth-order valence-electron chi connectivity index (χ4n) is 2.30. The molecule has 0 atom stereocenters. The van der Waals surface area contributed by atoms with Crippen LogP contribution in [0.25, 0.3) is 0 Å². The molecule has 2 N–H and O–H groups in total. The Kier molecular flexibility index (Phi) is 13.6. The molecule has 0 amide bonds. The van der Waals surface area contributed by atoms with Gasteiger partial charge >= 0.3 is 0 Å². The van der Waals surface area contributed by atoms with Crippen LogP contribution >= 0.6 is 35.3 Å². The van der Waals surface area contributed by atoms with Crippen LogP contribution in [0, 0.1) is 13.8 Å². The Morgan fingerprint density at radius 2 is 1.88 bits per heavy atom. The minimum Gasteiger partial charge on any atom is -0.357 e. The van der Waals surface area contributed by atoms with Gasteiger partial charge in [-0.05, 0) is 46.8 Å². The molecular weight excluding hydrogens is 433 g/mol. The third kappa shape index (κ3) is 9.17. The van der Waals surface area contributed by atoms with Crippen LogP contribution in [0.5, 0.6) is 0 Å². The third-order valence-corrected chi connectivity index (χ3v) is 4.98. The second kappa shape index (κ2) is 13.8. The number of halogens is 1. The van der Waals surface area contributed by atoms with Gasteiger partial charge in [-0.15, -0.1) is 35.3 Å². The highest BCUT2D eigenvalue weighted by molar-refractivity contribution is 14.0. The van der Waals surface area contributed by atoms with E-state index in [0.717, 1.165) is 63.8 Å². The molecule has 0 saturated heterocycles. The van der Waals surface area contributed by atoms with Crippen LogP contribution in [-0.2, 0) is 6.42 Å². The van der Waals surface area contributed by atoms with Gasteiger partial charge in [-0.1, -0.05) is 13.8 Å². The smallest absolute Gasteiger partial charge is 0.191 e. The number of rotatable bonds is 10. The van der Waals surface area contributed by atoms with Gasteiger partial charge in [0.1, 0.15) is 0 Å². The molecule has 140 valence electrons. The predicted octanol–water partition coefficient (Wildman–Crippen LogP) is 3.21. The molecule has 0 aliphatic rings. The fourth-order valence-corrected chi connectivity index (χ4v) is 3.23. The number of aryl methyl sites for hydroxylation is 2. The summed E-state index contributed by atoms with van der Waals surface area (Å²) in [4.78, 5) is 13.0. The SMILES string of the molecule is CCNC(=NCCCN(CC)CC)NCCc1nc(C)c(C)s1.I. The normalized spacial score (nSPS) is 11.5. The summed E-state index contributed by atoms with van der Waals surface area (Å²) in [5.41, 5.74) is 1.15. The van der Waals surface area contributed by atoms with Crippen molar-refractivity contribution in [2.75, 3.05) is 39.3 Å². The number of aromatic nitrogens is 1. The summed E-state index contributed by atoms with van der Waals surface area (Å²) < 4.78 is 0. The molecule has 1 aromatic rings. The second-order valence-corrected chi connectivity index (χ2v) is 6.85. The van der Waals surface area contributed by atoms with Gasteiger partial charge in [-0.3, -0.25) is 4.99 Å². The molecule has 5 nitrogen and oxygen atoms in total. The van der Waals surface area contributed by atoms with E-state index in [1.165, 1.54) is 9.88 Å². The van der Waals surface area contributed by atoms with Crippen LogP contribution in [-0.4, -0.2) is 55.1 Å². The van der Waals surface area contributed by atoms with Crippen LogP contribution in [0.15, 0.2) is 4.99 Å². The summed E-state index contributed by atoms with van der Waals surface area (Å²) in [6.07, 6.45) is 2.05. The number of guanidine groups is 1. The maximum absolute atomic E-state index is 4.66. The molecule has 1 aromatic heterocycles. The average molecular weight is 467 g/mol. The molecule has 0 spiro atoms. The lowest BCUT2D eigenvalue weighted by Gasteiger charge is -2.17. The van der Waals surface area contributed by atoms with Crippen LogP contribution in [0.3, 0.4) is 0 Å². The van der Waals surface area contributed by atoms with Crippen LogP contribution in [0.1, 0.15) is 42.8 Å². The summed E-state index contributed by atoms with van der Waals surface area (Å²) >= 11 is 1.79. The number of nitrogens with zero attached hydrogens (tertiary/aromatic N) is 3. The van der Waals surface area contributed by atoms with Crippen LogP contribution in [0.4, 0.5) is 0 Å². The van der Waals surface area contributed by atoms with Gasteiger partial charge in [0.05, 0.1) is 10.7 Å². The van der Waals surface area contributed by atoms with Gasteiger partial charge < -0.3 is 15.5 Å². The number of aliphatic imine (C=N–C) groups is 1. The topological polar surface area (TPSA) is 52.6 Å². The minimum absolute atomic E-state index is 0. The fraction of sp³-hybridized carbons (Fsp3) is 0.765. The third-order valence-electron chi connectivity index (χ3n) is 3.85. The van der Waals surface area contributed by atoms with E-state index in [4.69, 9.17) is 0 Å². The van der Waals surface area contributed by atoms with Crippen molar-refractivity contribution in [2.24, 2.45) is 4.99 Å². The van der Waals surface area contributed by atoms with Crippen molar-refractivity contribution in [3.63, 3.8) is 0 Å². The molecule has 0 saturated carbocycles. The number of nitrogens with one attached hydrogen (secondary N) is 2. The van der Waals surface area contributed by atoms with Crippen LogP contribution in [0.2, 0.25) is 0 Å². The second-order valence-electron chi connectivity index (χ2n) is 5.57. The van der Waals surface area contributed by atoms with E-state index >= 15 is 0 Å². The summed E-state index contributed by atoms with van der Waals surface area (Å²) in [5, 5.41) is 7.91. The molecule has 0 fully saturated rings. The standard InChI is InChI=1S/C17H33N5S.HI/c1-6-18-17(19-11-9-13-22(7-2)8-3)20-12-10-16-21-14(4)15(5)23-16;/h6-13H2,1-5H3,(H2,18,19,20);1H. The van der Waals surface area contributed by atoms with Gasteiger partial charge in [-0.25, -0.2) is 4.98 Å². The first-order chi connectivity index (χ1) is 11.1. The summed E-state index contributed by atoms with van der Waals surface area (Å²) in [5.74, 6) is 0.914. The van der Waals surface area contributed by atoms with E-state index in [1.54, 1.807) is 11.3 Å². The van der Waals surface area contributed by atoms with Crippen molar-refractivity contribution in [3.05, 3.63) is 15.6 Å². The first-order valence-electron chi connectivity index (χ1n) is 8.78. The Bertz CT molecular complexity index is 452. The molecule has 1 rings (SSSR count). The van der Waals surface area contributed by atoms with E-state index in [9.17, 15) is 0 Å². The van der Waals surface area contributed by atoms with Crippen molar-refractivity contribution in [3.8, 4) is 0 Å². The highest BCUT2D eigenvalue weighted by Crippen LogP contribution is 2.16. The van der Waals surface area contributed by atoms with Crippen molar-refractivity contribution in [1.29, 1.82) is 0 Å². The Balaban J connectivity index is 0.00000529. The van der Waals surface area contributed by atoms with E-state index in [2.05, 4.69) is 60.1 Å². The number of hydrogen-bond donors (Lipinski definition) is 2. The van der Waals surface area contributed by atoms with Gasteiger partial charge in [0.2, 0.25) is 0 Å². The largest absolute Gasteiger partial charge is 0.357 e. The Hall–Kier alpha value is -0.410. The zero-order valence-corrected chi connectivity index (χ0v) is 19.0. The maximum Gasteiger partial charge on any atom is 0.191 e. The molecule has 0 bridgehead atoms. The summed E-state index contributed by atoms with van der Waals surface area (Å²) in [6, 6.07) is 0. The van der Waals surface area contributed by atoms with Crippen molar-refractivity contribution >= 4 is 41.3 Å². The van der Waals surface area contributed by atoms with Crippen LogP contribution < -0.4 is 10.6 Å². The Morgan fingerprint density at radius 3 is 2.42 bits per heavy atom. The summed E-state index contributed by atoms with van der Waals surface area (Å²) in [6.45, 7) is 16.7. The first kappa shape index (κ1) is 23.6. The quantitative estimate of drug-likeness (QED) is 0.240. The van der Waals surface area contributed by atoms with Crippen molar-refractivity contribution in [2.45, 2.75) is 47.5 Å². The highest BCUT2D eigenvalue weighted by atomic mass is 127. The molecule has 0 aromatic carbocycles. The molecule has 0 aliphatic heterocycles. The molecule has 1 heterocycles. The maximum atomic E-state index is 4.66. The zero-order chi connectivity index (χ0) is 17.1. The highest BCUT2D eigenvalue weighted by Gasteiger charge is 2.04. The first-order valence-corrected chi connectivity index (χ1v) is 9.59. The van der Waals surface area contributed by atoms with Gasteiger partial charge in [0, 0.05) is 30.9 Å². The molecular formula is C17H34IN5S. The average Bonchev–Trinajstić information content (AvgIpc) is 2.85. The van der Waals surface area contributed by atoms with E-state index in [1.807, 2.05) is 0 Å². The number of thiazole rings is 1. The van der Waals surface area contributed by atoms with E-state index in [0.29, 0.717) is 0 Å².